The van der Waals surface area contributed by atoms with Gasteiger partial charge in [-0.1, -0.05) is 41.4 Å². The van der Waals surface area contributed by atoms with E-state index < -0.39 is 29.5 Å². The topological polar surface area (TPSA) is 37.3 Å². The summed E-state index contributed by atoms with van der Waals surface area (Å²) in [6.07, 6.45) is -4.10. The summed E-state index contributed by atoms with van der Waals surface area (Å²) in [5.41, 5.74) is -0.291. The highest BCUT2D eigenvalue weighted by Gasteiger charge is 2.61. The first kappa shape index (κ1) is 22.6. The Kier molecular flexibility index (Phi) is 6.78. The first-order chi connectivity index (χ1) is 12.8. The molecule has 0 aliphatic rings. The molecule has 1 unspecified atom stereocenters. The van der Waals surface area contributed by atoms with Gasteiger partial charge in [0, 0.05) is 14.5 Å². The van der Waals surface area contributed by atoms with E-state index >= 15 is 0 Å². The second-order valence-electron chi connectivity index (χ2n) is 5.70. The molecule has 0 spiro atoms. The van der Waals surface area contributed by atoms with Crippen molar-refractivity contribution in [1.82, 2.24) is 0 Å². The van der Waals surface area contributed by atoms with E-state index in [1.165, 1.54) is 24.3 Å². The van der Waals surface area contributed by atoms with Gasteiger partial charge in [0.25, 0.3) is 0 Å². The molecule has 0 saturated carbocycles. The summed E-state index contributed by atoms with van der Waals surface area (Å²) in [6, 6.07) is 6.92. The Morgan fingerprint density at radius 2 is 1.61 bits per heavy atom. The zero-order valence-corrected chi connectivity index (χ0v) is 16.7. The molecule has 28 heavy (non-hydrogen) atoms. The summed E-state index contributed by atoms with van der Waals surface area (Å²) < 4.78 is 67.4. The van der Waals surface area contributed by atoms with E-state index in [2.05, 4.69) is 15.9 Å². The number of alkyl halides is 5. The number of hydrogen-bond donors (Lipinski definition) is 1. The summed E-state index contributed by atoms with van der Waals surface area (Å²) in [5, 5.41) is 8.79. The number of carboxylic acids is 1. The maximum atomic E-state index is 14.1. The molecule has 0 fully saturated rings. The summed E-state index contributed by atoms with van der Waals surface area (Å²) in [5.74, 6) is -8.73. The van der Waals surface area contributed by atoms with Crippen LogP contribution in [0, 0.1) is 0 Å². The van der Waals surface area contributed by atoms with Crippen molar-refractivity contribution in [2.75, 3.05) is 0 Å². The molecule has 0 aromatic heterocycles. The van der Waals surface area contributed by atoms with Crippen LogP contribution in [0.1, 0.15) is 27.4 Å². The maximum absolute atomic E-state index is 14.1. The Morgan fingerprint density at radius 3 is 2.07 bits per heavy atom. The fourth-order valence-corrected chi connectivity index (χ4v) is 3.50. The number of aromatic carboxylic acids is 1. The van der Waals surface area contributed by atoms with Crippen LogP contribution in [0.25, 0.3) is 6.08 Å². The molecule has 0 bridgehead atoms. The van der Waals surface area contributed by atoms with E-state index in [9.17, 15) is 26.7 Å². The molecule has 2 rings (SSSR count). The Morgan fingerprint density at radius 1 is 1.04 bits per heavy atom. The zero-order valence-electron chi connectivity index (χ0n) is 13.6. The van der Waals surface area contributed by atoms with Crippen LogP contribution in [0.5, 0.6) is 0 Å². The van der Waals surface area contributed by atoms with Crippen LogP contribution in [0.15, 0.2) is 46.9 Å². The molecule has 1 atom stereocenters. The van der Waals surface area contributed by atoms with Crippen molar-refractivity contribution in [3.8, 4) is 0 Å². The molecule has 0 heterocycles. The Balaban J connectivity index is 2.52. The van der Waals surface area contributed by atoms with Crippen molar-refractivity contribution in [2.24, 2.45) is 0 Å². The van der Waals surface area contributed by atoms with E-state index in [1.54, 1.807) is 0 Å². The standard InChI is InChI=1S/C18H10BrCl2F5O2/c19-15-5-9(1-3-13(15)16(27)28)2-4-14(17(22,23)18(24,25)26)10-6-11(20)8-12(21)7-10/h1-8,14H,(H,27,28). The molecule has 2 aromatic carbocycles. The van der Waals surface area contributed by atoms with Crippen molar-refractivity contribution in [3.63, 3.8) is 0 Å². The van der Waals surface area contributed by atoms with Crippen molar-refractivity contribution in [1.29, 1.82) is 0 Å². The van der Waals surface area contributed by atoms with Gasteiger partial charge in [-0.25, -0.2) is 4.79 Å². The second kappa shape index (κ2) is 8.39. The summed E-state index contributed by atoms with van der Waals surface area (Å²) in [7, 11) is 0. The van der Waals surface area contributed by atoms with Gasteiger partial charge >= 0.3 is 18.1 Å². The maximum Gasteiger partial charge on any atom is 0.454 e. The average Bonchev–Trinajstić information content (AvgIpc) is 2.52. The number of rotatable bonds is 5. The number of carboxylic acid groups (broad SMARTS) is 1. The van der Waals surface area contributed by atoms with Crippen LogP contribution in [-0.4, -0.2) is 23.2 Å². The van der Waals surface area contributed by atoms with Crippen LogP contribution in [0.2, 0.25) is 10.0 Å². The van der Waals surface area contributed by atoms with Crippen molar-refractivity contribution in [3.05, 3.63) is 73.7 Å². The van der Waals surface area contributed by atoms with Crippen molar-refractivity contribution in [2.45, 2.75) is 18.0 Å². The molecule has 10 heteroatoms. The third-order valence-corrected chi connectivity index (χ3v) is 4.81. The largest absolute Gasteiger partial charge is 0.478 e. The van der Waals surface area contributed by atoms with Crippen LogP contribution in [-0.2, 0) is 0 Å². The van der Waals surface area contributed by atoms with Gasteiger partial charge in [0.15, 0.2) is 0 Å². The number of allylic oxidation sites excluding steroid dienone is 1. The number of hydrogen-bond acceptors (Lipinski definition) is 1. The van der Waals surface area contributed by atoms with Crippen LogP contribution >= 0.6 is 39.1 Å². The first-order valence-corrected chi connectivity index (χ1v) is 8.99. The summed E-state index contributed by atoms with van der Waals surface area (Å²) in [4.78, 5) is 11.0. The molecule has 0 radical (unpaired) electrons. The van der Waals surface area contributed by atoms with Gasteiger partial charge in [-0.3, -0.25) is 0 Å². The van der Waals surface area contributed by atoms with Gasteiger partial charge in [0.05, 0.1) is 11.5 Å². The highest BCUT2D eigenvalue weighted by Crippen LogP contribution is 2.47. The van der Waals surface area contributed by atoms with Crippen molar-refractivity contribution < 1.29 is 31.9 Å². The van der Waals surface area contributed by atoms with Gasteiger partial charge in [-0.15, -0.1) is 0 Å². The molecular weight excluding hydrogens is 494 g/mol. The first-order valence-electron chi connectivity index (χ1n) is 7.44. The van der Waals surface area contributed by atoms with E-state index in [0.29, 0.717) is 6.08 Å². The second-order valence-corrected chi connectivity index (χ2v) is 7.43. The predicted molar refractivity (Wildman–Crippen MR) is 100 cm³/mol. The van der Waals surface area contributed by atoms with Gasteiger partial charge in [0.1, 0.15) is 0 Å². The third-order valence-electron chi connectivity index (χ3n) is 3.72. The van der Waals surface area contributed by atoms with E-state index in [1.807, 2.05) is 0 Å². The minimum Gasteiger partial charge on any atom is -0.478 e. The van der Waals surface area contributed by atoms with Crippen LogP contribution in [0.3, 0.4) is 0 Å². The minimum absolute atomic E-state index is 0.0871. The van der Waals surface area contributed by atoms with E-state index in [-0.39, 0.29) is 25.6 Å². The highest BCUT2D eigenvalue weighted by molar-refractivity contribution is 9.10. The monoisotopic (exact) mass is 502 g/mol. The van der Waals surface area contributed by atoms with Gasteiger partial charge in [-0.05, 0) is 57.4 Å². The highest BCUT2D eigenvalue weighted by atomic mass is 79.9. The number of benzene rings is 2. The summed E-state index contributed by atoms with van der Waals surface area (Å²) in [6.45, 7) is 0. The lowest BCUT2D eigenvalue weighted by atomic mass is 9.91. The molecule has 0 aliphatic heterocycles. The molecule has 2 aromatic rings. The predicted octanol–water partition coefficient (Wildman–Crippen LogP) is 7.45. The molecule has 0 amide bonds. The molecule has 150 valence electrons. The van der Waals surface area contributed by atoms with E-state index in [4.69, 9.17) is 28.3 Å². The number of carbonyl (C=O) groups is 1. The molecule has 1 N–H and O–H groups in total. The van der Waals surface area contributed by atoms with Crippen LogP contribution < -0.4 is 0 Å². The molecule has 2 nitrogen and oxygen atoms in total. The summed E-state index contributed by atoms with van der Waals surface area (Å²) >= 11 is 14.5. The molecular formula is C18H10BrCl2F5O2. The Labute approximate surface area is 174 Å². The smallest absolute Gasteiger partial charge is 0.454 e. The normalized spacial score (nSPS) is 13.7. The lowest BCUT2D eigenvalue weighted by Crippen LogP contribution is -2.41. The lowest BCUT2D eigenvalue weighted by Gasteiger charge is -2.27. The van der Waals surface area contributed by atoms with Crippen LogP contribution in [0.4, 0.5) is 22.0 Å². The van der Waals surface area contributed by atoms with Crippen molar-refractivity contribution >= 4 is 51.2 Å². The minimum atomic E-state index is -5.81. The molecule has 0 saturated heterocycles. The molecule has 0 aliphatic carbocycles. The van der Waals surface area contributed by atoms with E-state index in [0.717, 1.165) is 18.2 Å². The Hall–Kier alpha value is -1.64. The number of halogens is 8. The van der Waals surface area contributed by atoms with Gasteiger partial charge in [0.2, 0.25) is 0 Å². The SMILES string of the molecule is O=C(O)c1ccc(C=CC(c2cc(Cl)cc(Cl)c2)C(F)(F)C(F)(F)F)cc1Br. The van der Waals surface area contributed by atoms with Gasteiger partial charge < -0.3 is 5.11 Å². The quantitative estimate of drug-likeness (QED) is 0.430. The zero-order chi connectivity index (χ0) is 21.3. The average molecular weight is 504 g/mol. The fourth-order valence-electron chi connectivity index (χ4n) is 2.39. The third kappa shape index (κ3) is 5.04. The Bertz CT molecular complexity index is 908. The van der Waals surface area contributed by atoms with Gasteiger partial charge in [-0.2, -0.15) is 22.0 Å². The fraction of sp³-hybridized carbons (Fsp3) is 0.167. The lowest BCUT2D eigenvalue weighted by molar-refractivity contribution is -0.286.